The van der Waals surface area contributed by atoms with E-state index < -0.39 is 0 Å². The number of likely N-dealkylation sites (N-methyl/N-ethyl adjacent to an activating group) is 1. The molecule has 1 N–H and O–H groups in total. The van der Waals surface area contributed by atoms with Crippen molar-refractivity contribution in [2.75, 3.05) is 26.8 Å². The second kappa shape index (κ2) is 5.83. The van der Waals surface area contributed by atoms with Crippen LogP contribution in [0.1, 0.15) is 43.5 Å². The first kappa shape index (κ1) is 15.9. The number of nitrogens with one attached hydrogen (secondary N) is 1. The van der Waals surface area contributed by atoms with Gasteiger partial charge in [-0.1, -0.05) is 25.1 Å². The van der Waals surface area contributed by atoms with Gasteiger partial charge in [-0.15, -0.1) is 0 Å². The smallest absolute Gasteiger partial charge is 0.161 e. The molecule has 2 saturated heterocycles. The number of ether oxygens (including phenoxy) is 2. The number of rotatable bonds is 2. The maximum Gasteiger partial charge on any atom is 0.161 e. The molecule has 0 spiro atoms. The van der Waals surface area contributed by atoms with Gasteiger partial charge in [-0.05, 0) is 18.1 Å². The van der Waals surface area contributed by atoms with Gasteiger partial charge in [-0.2, -0.15) is 0 Å². The standard InChI is InChI=1S/C21H29N2O2/c1-3-15-12-14(21-24-10-11-25-21)13-19-20-17(8-9-23(15,19)2)16-6-4-5-7-18(16)22-20/h4-7,14-15,19,21-22H,3,8-13H2,1-2H3/q+1/t14?,15-,19-,23?/m0/s1. The average Bonchev–Trinajstić information content (AvgIpc) is 3.28. The molecule has 25 heavy (non-hydrogen) atoms. The van der Waals surface area contributed by atoms with Gasteiger partial charge < -0.3 is 18.9 Å². The van der Waals surface area contributed by atoms with Crippen LogP contribution >= 0.6 is 0 Å². The minimum atomic E-state index is 0.0116. The first-order valence-electron chi connectivity index (χ1n) is 9.88. The zero-order valence-corrected chi connectivity index (χ0v) is 15.3. The maximum atomic E-state index is 5.91. The number of piperidine rings is 1. The van der Waals surface area contributed by atoms with Gasteiger partial charge in [0.15, 0.2) is 6.29 Å². The van der Waals surface area contributed by atoms with Gasteiger partial charge in [-0.3, -0.25) is 0 Å². The number of aromatic amines is 1. The number of hydrogen-bond acceptors (Lipinski definition) is 2. The summed E-state index contributed by atoms with van der Waals surface area (Å²) in [7, 11) is 2.49. The van der Waals surface area contributed by atoms with E-state index in [0.29, 0.717) is 18.0 Å². The molecule has 134 valence electrons. The molecule has 4 atom stereocenters. The van der Waals surface area contributed by atoms with E-state index in [0.717, 1.165) is 19.6 Å². The number of hydrogen-bond donors (Lipinski definition) is 1. The van der Waals surface area contributed by atoms with E-state index in [2.05, 4.69) is 43.2 Å². The predicted molar refractivity (Wildman–Crippen MR) is 98.3 cm³/mol. The second-order valence-electron chi connectivity index (χ2n) is 8.30. The third kappa shape index (κ3) is 2.31. The second-order valence-corrected chi connectivity index (χ2v) is 8.30. The summed E-state index contributed by atoms with van der Waals surface area (Å²) in [6, 6.07) is 10.0. The average molecular weight is 341 g/mol. The number of nitrogens with zero attached hydrogens (tertiary/aromatic N) is 1. The van der Waals surface area contributed by atoms with Crippen molar-refractivity contribution in [3.8, 4) is 0 Å². The number of H-pyrrole nitrogens is 1. The van der Waals surface area contributed by atoms with Crippen LogP contribution in [0.15, 0.2) is 24.3 Å². The summed E-state index contributed by atoms with van der Waals surface area (Å²) in [6.07, 6.45) is 4.81. The van der Waals surface area contributed by atoms with E-state index in [-0.39, 0.29) is 6.29 Å². The van der Waals surface area contributed by atoms with E-state index in [4.69, 9.17) is 9.47 Å². The summed E-state index contributed by atoms with van der Waals surface area (Å²) in [5.41, 5.74) is 4.33. The summed E-state index contributed by atoms with van der Waals surface area (Å²) in [5.74, 6) is 0.515. The van der Waals surface area contributed by atoms with Crippen LogP contribution in [0.4, 0.5) is 0 Å². The molecule has 0 saturated carbocycles. The molecule has 0 amide bonds. The Kier molecular flexibility index (Phi) is 3.70. The Labute approximate surface area is 149 Å². The number of fused-ring (bicyclic) bond motifs is 5. The molecule has 2 unspecified atom stereocenters. The summed E-state index contributed by atoms with van der Waals surface area (Å²) in [6.45, 7) is 5.11. The lowest BCUT2D eigenvalue weighted by atomic mass is 9.78. The van der Waals surface area contributed by atoms with E-state index in [1.165, 1.54) is 46.9 Å². The number of para-hydroxylation sites is 1. The predicted octanol–water partition coefficient (Wildman–Crippen LogP) is 3.77. The summed E-state index contributed by atoms with van der Waals surface area (Å²) >= 11 is 0. The van der Waals surface area contributed by atoms with Crippen molar-refractivity contribution in [2.45, 2.75) is 51.0 Å². The van der Waals surface area contributed by atoms with Crippen LogP contribution in [0.2, 0.25) is 0 Å². The molecule has 1 aromatic carbocycles. The van der Waals surface area contributed by atoms with E-state index in [9.17, 15) is 0 Å². The van der Waals surface area contributed by atoms with Crippen molar-refractivity contribution < 1.29 is 14.0 Å². The Hall–Kier alpha value is -1.36. The van der Waals surface area contributed by atoms with Crippen LogP contribution in [0.3, 0.4) is 0 Å². The zero-order valence-electron chi connectivity index (χ0n) is 15.3. The molecule has 5 rings (SSSR count). The van der Waals surface area contributed by atoms with Gasteiger partial charge >= 0.3 is 0 Å². The third-order valence-electron chi connectivity index (χ3n) is 7.17. The largest absolute Gasteiger partial charge is 0.353 e. The molecule has 3 aliphatic rings. The Morgan fingerprint density at radius 1 is 1.16 bits per heavy atom. The molecule has 4 nitrogen and oxygen atoms in total. The fourth-order valence-electron chi connectivity index (χ4n) is 5.80. The molecule has 2 fully saturated rings. The van der Waals surface area contributed by atoms with Crippen molar-refractivity contribution in [3.63, 3.8) is 0 Å². The zero-order chi connectivity index (χ0) is 17.0. The third-order valence-corrected chi connectivity index (χ3v) is 7.17. The highest BCUT2D eigenvalue weighted by Crippen LogP contribution is 2.49. The van der Waals surface area contributed by atoms with Gasteiger partial charge in [0.2, 0.25) is 0 Å². The highest BCUT2D eigenvalue weighted by atomic mass is 16.7. The van der Waals surface area contributed by atoms with Crippen LogP contribution in [0.25, 0.3) is 10.9 Å². The lowest BCUT2D eigenvalue weighted by Gasteiger charge is -2.54. The fourth-order valence-corrected chi connectivity index (χ4v) is 5.80. The molecular formula is C21H29N2O2+. The lowest BCUT2D eigenvalue weighted by Crippen LogP contribution is -2.61. The molecule has 0 bridgehead atoms. The van der Waals surface area contributed by atoms with Crippen LogP contribution in [0.5, 0.6) is 0 Å². The topological polar surface area (TPSA) is 34.2 Å². The molecule has 4 heteroatoms. The van der Waals surface area contributed by atoms with Crippen molar-refractivity contribution in [1.29, 1.82) is 0 Å². The first-order chi connectivity index (χ1) is 12.2. The van der Waals surface area contributed by atoms with Gasteiger partial charge in [0.25, 0.3) is 0 Å². The molecule has 4 heterocycles. The first-order valence-corrected chi connectivity index (χ1v) is 9.88. The molecule has 3 aliphatic heterocycles. The minimum Gasteiger partial charge on any atom is -0.353 e. The lowest BCUT2D eigenvalue weighted by molar-refractivity contribution is -0.971. The molecule has 2 aromatic rings. The minimum absolute atomic E-state index is 0.0116. The molecule has 0 aliphatic carbocycles. The van der Waals surface area contributed by atoms with E-state index in [1.54, 1.807) is 5.56 Å². The quantitative estimate of drug-likeness (QED) is 0.844. The van der Waals surface area contributed by atoms with Crippen molar-refractivity contribution in [1.82, 2.24) is 4.98 Å². The Bertz CT molecular complexity index is 779. The van der Waals surface area contributed by atoms with Crippen LogP contribution < -0.4 is 0 Å². The monoisotopic (exact) mass is 341 g/mol. The van der Waals surface area contributed by atoms with Crippen LogP contribution in [-0.2, 0) is 15.9 Å². The van der Waals surface area contributed by atoms with Crippen molar-refractivity contribution in [3.05, 3.63) is 35.5 Å². The Balaban J connectivity index is 1.58. The highest BCUT2D eigenvalue weighted by molar-refractivity contribution is 5.85. The molecular weight excluding hydrogens is 312 g/mol. The van der Waals surface area contributed by atoms with E-state index in [1.807, 2.05) is 0 Å². The number of aromatic nitrogens is 1. The summed E-state index contributed by atoms with van der Waals surface area (Å²) in [4.78, 5) is 3.80. The van der Waals surface area contributed by atoms with E-state index >= 15 is 0 Å². The highest BCUT2D eigenvalue weighted by Gasteiger charge is 2.52. The van der Waals surface area contributed by atoms with Gasteiger partial charge in [0.1, 0.15) is 6.04 Å². The maximum absolute atomic E-state index is 5.91. The van der Waals surface area contributed by atoms with Crippen molar-refractivity contribution in [2.24, 2.45) is 5.92 Å². The van der Waals surface area contributed by atoms with Crippen LogP contribution in [0, 0.1) is 5.92 Å². The van der Waals surface area contributed by atoms with Gasteiger partial charge in [0.05, 0.1) is 38.5 Å². The van der Waals surface area contributed by atoms with Gasteiger partial charge in [0, 0.05) is 36.1 Å². The van der Waals surface area contributed by atoms with Crippen molar-refractivity contribution >= 4 is 10.9 Å². The molecule has 1 aromatic heterocycles. The van der Waals surface area contributed by atoms with Crippen LogP contribution in [-0.4, -0.2) is 48.6 Å². The van der Waals surface area contributed by atoms with Gasteiger partial charge in [-0.25, -0.2) is 0 Å². The summed E-state index contributed by atoms with van der Waals surface area (Å²) < 4.78 is 13.0. The normalized spacial score (nSPS) is 35.7. The summed E-state index contributed by atoms with van der Waals surface area (Å²) in [5, 5.41) is 1.42. The Morgan fingerprint density at radius 2 is 1.96 bits per heavy atom. The fraction of sp³-hybridized carbons (Fsp3) is 0.619. The number of benzene rings is 1. The molecule has 0 radical (unpaired) electrons. The SMILES string of the molecule is CC[C@H]1CC(C2OCCO2)C[C@H]2c3[nH]c4ccccc4c3CC[N+]12C. The number of quaternary nitrogens is 1. The Morgan fingerprint density at radius 3 is 2.76 bits per heavy atom.